The highest BCUT2D eigenvalue weighted by atomic mass is 35.5. The first-order valence-corrected chi connectivity index (χ1v) is 9.43. The normalized spacial score (nSPS) is 15.5. The van der Waals surface area contributed by atoms with Gasteiger partial charge in [0.15, 0.2) is 0 Å². The van der Waals surface area contributed by atoms with Crippen molar-refractivity contribution in [2.24, 2.45) is 0 Å². The molecular weight excluding hydrogens is 403 g/mol. The molecule has 0 N–H and O–H groups in total. The number of alkyl halides is 3. The van der Waals surface area contributed by atoms with E-state index in [0.29, 0.717) is 5.69 Å². The van der Waals surface area contributed by atoms with E-state index in [1.807, 2.05) is 29.2 Å². The molecule has 0 radical (unpaired) electrons. The van der Waals surface area contributed by atoms with Crippen LogP contribution in [0.5, 0.6) is 0 Å². The first-order valence-electron chi connectivity index (χ1n) is 9.43. The van der Waals surface area contributed by atoms with E-state index in [1.54, 1.807) is 10.9 Å². The van der Waals surface area contributed by atoms with Crippen LogP contribution in [0.3, 0.4) is 0 Å². The van der Waals surface area contributed by atoms with Gasteiger partial charge in [-0.2, -0.15) is 28.2 Å². The van der Waals surface area contributed by atoms with Gasteiger partial charge in [0.25, 0.3) is 0 Å². The van der Waals surface area contributed by atoms with Gasteiger partial charge in [0.1, 0.15) is 11.0 Å². The first-order chi connectivity index (χ1) is 13.5. The van der Waals surface area contributed by atoms with E-state index < -0.39 is 11.7 Å². The molecular formula is C20H23ClF3N5. The van der Waals surface area contributed by atoms with Gasteiger partial charge >= 0.3 is 6.18 Å². The van der Waals surface area contributed by atoms with Gasteiger partial charge in [-0.15, -0.1) is 12.4 Å². The smallest absolute Gasteiger partial charge is 0.369 e. The second-order valence-corrected chi connectivity index (χ2v) is 7.01. The minimum atomic E-state index is -4.30. The Balaban J connectivity index is 0.00000240. The fourth-order valence-electron chi connectivity index (χ4n) is 3.55. The molecule has 29 heavy (non-hydrogen) atoms. The van der Waals surface area contributed by atoms with Crippen LogP contribution in [0.15, 0.2) is 48.5 Å². The van der Waals surface area contributed by atoms with Gasteiger partial charge in [0.2, 0.25) is 0 Å². The molecule has 3 aromatic rings. The zero-order valence-corrected chi connectivity index (χ0v) is 16.7. The Kier molecular flexibility index (Phi) is 6.64. The number of benzene rings is 2. The van der Waals surface area contributed by atoms with Crippen LogP contribution < -0.4 is 4.90 Å². The summed E-state index contributed by atoms with van der Waals surface area (Å²) in [5.74, 6) is 0. The van der Waals surface area contributed by atoms with Crippen LogP contribution in [0.4, 0.5) is 18.9 Å². The number of nitrogens with zero attached hydrogens (tertiary/aromatic N) is 5. The van der Waals surface area contributed by atoms with Gasteiger partial charge < -0.3 is 4.90 Å². The summed E-state index contributed by atoms with van der Waals surface area (Å²) in [5, 5.41) is 8.92. The molecule has 0 atom stereocenters. The van der Waals surface area contributed by atoms with Crippen molar-refractivity contribution in [2.45, 2.75) is 19.1 Å². The molecule has 9 heteroatoms. The molecule has 2 heterocycles. The Morgan fingerprint density at radius 2 is 1.48 bits per heavy atom. The molecule has 0 saturated carbocycles. The molecule has 5 nitrogen and oxygen atoms in total. The maximum Gasteiger partial charge on any atom is 0.416 e. The van der Waals surface area contributed by atoms with Crippen molar-refractivity contribution in [3.63, 3.8) is 0 Å². The molecule has 0 unspecified atom stereocenters. The Morgan fingerprint density at radius 1 is 0.828 bits per heavy atom. The maximum atomic E-state index is 12.9. The molecule has 0 amide bonds. The molecule has 2 aromatic carbocycles. The number of rotatable bonds is 5. The Bertz CT molecular complexity index is 902. The fourth-order valence-corrected chi connectivity index (χ4v) is 3.55. The van der Waals surface area contributed by atoms with Gasteiger partial charge in [0.05, 0.1) is 12.1 Å². The molecule has 1 aliphatic rings. The number of aromatic nitrogens is 3. The van der Waals surface area contributed by atoms with Crippen molar-refractivity contribution >= 4 is 29.1 Å². The van der Waals surface area contributed by atoms with E-state index >= 15 is 0 Å². The van der Waals surface area contributed by atoms with Gasteiger partial charge in [-0.3, -0.25) is 4.90 Å². The zero-order chi connectivity index (χ0) is 19.6. The Hall–Kier alpha value is -2.32. The standard InChI is InChI=1S/C20H22F3N5.ClH/c21-20(22,23)16-5-3-6-17(15-16)27-13-11-26(12-14-27)9-4-10-28-24-18-7-1-2-8-19(18)25-28;/h1-3,5-8,15H,4,9-14H2;1H. The first kappa shape index (κ1) is 21.4. The molecule has 1 aliphatic heterocycles. The minimum absolute atomic E-state index is 0. The van der Waals surface area contributed by atoms with Crippen molar-refractivity contribution in [3.8, 4) is 0 Å². The molecule has 1 fully saturated rings. The largest absolute Gasteiger partial charge is 0.416 e. The molecule has 1 aromatic heterocycles. The summed E-state index contributed by atoms with van der Waals surface area (Å²) in [6, 6.07) is 13.4. The summed E-state index contributed by atoms with van der Waals surface area (Å²) in [6.45, 7) is 4.81. The number of anilines is 1. The molecule has 156 valence electrons. The summed E-state index contributed by atoms with van der Waals surface area (Å²) >= 11 is 0. The number of aryl methyl sites for hydroxylation is 1. The summed E-state index contributed by atoms with van der Waals surface area (Å²) in [6.07, 6.45) is -3.37. The van der Waals surface area contributed by atoms with Gasteiger partial charge in [-0.25, -0.2) is 0 Å². The van der Waals surface area contributed by atoms with Crippen LogP contribution in [-0.4, -0.2) is 52.6 Å². The van der Waals surface area contributed by atoms with E-state index in [0.717, 1.165) is 62.8 Å². The quantitative estimate of drug-likeness (QED) is 0.617. The summed E-state index contributed by atoms with van der Waals surface area (Å²) in [5.41, 5.74) is 1.85. The van der Waals surface area contributed by atoms with Crippen molar-refractivity contribution in [3.05, 3.63) is 54.1 Å². The van der Waals surface area contributed by atoms with E-state index in [9.17, 15) is 13.2 Å². The fraction of sp³-hybridized carbons (Fsp3) is 0.400. The molecule has 0 bridgehead atoms. The SMILES string of the molecule is Cl.FC(F)(F)c1cccc(N2CCN(CCCn3nc4ccccc4n3)CC2)c1. The van der Waals surface area contributed by atoms with Crippen LogP contribution in [0, 0.1) is 0 Å². The van der Waals surface area contributed by atoms with Crippen LogP contribution in [0.2, 0.25) is 0 Å². The van der Waals surface area contributed by atoms with E-state index in [-0.39, 0.29) is 12.4 Å². The van der Waals surface area contributed by atoms with E-state index in [1.165, 1.54) is 12.1 Å². The lowest BCUT2D eigenvalue weighted by Gasteiger charge is -2.36. The highest BCUT2D eigenvalue weighted by Crippen LogP contribution is 2.31. The molecule has 1 saturated heterocycles. The lowest BCUT2D eigenvalue weighted by atomic mass is 10.1. The van der Waals surface area contributed by atoms with Gasteiger partial charge in [-0.05, 0) is 36.8 Å². The molecule has 0 spiro atoms. The average Bonchev–Trinajstić information content (AvgIpc) is 3.11. The van der Waals surface area contributed by atoms with Gasteiger partial charge in [-0.1, -0.05) is 18.2 Å². The van der Waals surface area contributed by atoms with Gasteiger partial charge in [0, 0.05) is 38.4 Å². The number of halogens is 4. The van der Waals surface area contributed by atoms with Crippen LogP contribution >= 0.6 is 12.4 Å². The number of piperazine rings is 1. The third kappa shape index (κ3) is 5.19. The van der Waals surface area contributed by atoms with Crippen molar-refractivity contribution in [2.75, 3.05) is 37.6 Å². The lowest BCUT2D eigenvalue weighted by Crippen LogP contribution is -2.46. The third-order valence-electron chi connectivity index (χ3n) is 5.07. The lowest BCUT2D eigenvalue weighted by molar-refractivity contribution is -0.137. The van der Waals surface area contributed by atoms with Crippen LogP contribution in [-0.2, 0) is 12.7 Å². The average molecular weight is 426 g/mol. The summed E-state index contributed by atoms with van der Waals surface area (Å²) in [4.78, 5) is 6.10. The Labute approximate surface area is 173 Å². The third-order valence-corrected chi connectivity index (χ3v) is 5.07. The van der Waals surface area contributed by atoms with E-state index in [2.05, 4.69) is 15.1 Å². The zero-order valence-electron chi connectivity index (χ0n) is 15.8. The number of hydrogen-bond donors (Lipinski definition) is 0. The highest BCUT2D eigenvalue weighted by Gasteiger charge is 2.31. The summed E-state index contributed by atoms with van der Waals surface area (Å²) < 4.78 is 38.7. The second-order valence-electron chi connectivity index (χ2n) is 7.01. The molecule has 4 rings (SSSR count). The van der Waals surface area contributed by atoms with Crippen molar-refractivity contribution < 1.29 is 13.2 Å². The second kappa shape index (κ2) is 9.00. The monoisotopic (exact) mass is 425 g/mol. The van der Waals surface area contributed by atoms with Crippen LogP contribution in [0.25, 0.3) is 11.0 Å². The summed E-state index contributed by atoms with van der Waals surface area (Å²) in [7, 11) is 0. The highest BCUT2D eigenvalue weighted by molar-refractivity contribution is 5.85. The predicted molar refractivity (Wildman–Crippen MR) is 109 cm³/mol. The topological polar surface area (TPSA) is 37.2 Å². The van der Waals surface area contributed by atoms with E-state index in [4.69, 9.17) is 0 Å². The number of hydrogen-bond acceptors (Lipinski definition) is 4. The Morgan fingerprint density at radius 3 is 2.10 bits per heavy atom. The van der Waals surface area contributed by atoms with Crippen molar-refractivity contribution in [1.82, 2.24) is 19.9 Å². The predicted octanol–water partition coefficient (Wildman–Crippen LogP) is 4.08. The van der Waals surface area contributed by atoms with Crippen molar-refractivity contribution in [1.29, 1.82) is 0 Å². The maximum absolute atomic E-state index is 12.9. The molecule has 0 aliphatic carbocycles. The minimum Gasteiger partial charge on any atom is -0.369 e. The number of fused-ring (bicyclic) bond motifs is 1. The van der Waals surface area contributed by atoms with Crippen LogP contribution in [0.1, 0.15) is 12.0 Å².